The number of carbonyl (C=O) groups is 1. The van der Waals surface area contributed by atoms with Crippen molar-refractivity contribution in [2.75, 3.05) is 6.61 Å². The van der Waals surface area contributed by atoms with Crippen LogP contribution in [0.5, 0.6) is 0 Å². The minimum Gasteiger partial charge on any atom is -0.462 e. The van der Waals surface area contributed by atoms with Gasteiger partial charge in [0.1, 0.15) is 5.82 Å². The van der Waals surface area contributed by atoms with E-state index in [-0.39, 0.29) is 11.8 Å². The van der Waals surface area contributed by atoms with Crippen LogP contribution in [-0.4, -0.2) is 17.6 Å². The van der Waals surface area contributed by atoms with Crippen molar-refractivity contribution < 1.29 is 13.9 Å². The van der Waals surface area contributed by atoms with E-state index in [1.54, 1.807) is 12.1 Å². The minimum absolute atomic E-state index is 0.294. The van der Waals surface area contributed by atoms with Gasteiger partial charge in [-0.3, -0.25) is 4.98 Å². The largest absolute Gasteiger partial charge is 0.462 e. The molecule has 132 valence electrons. The molecule has 1 heterocycles. The second-order valence-corrected chi connectivity index (χ2v) is 6.68. The summed E-state index contributed by atoms with van der Waals surface area (Å²) in [6.45, 7) is 2.34. The molecule has 2 aromatic carbocycles. The van der Waals surface area contributed by atoms with Gasteiger partial charge in [-0.25, -0.2) is 9.18 Å². The van der Waals surface area contributed by atoms with Crippen molar-refractivity contribution in [3.05, 3.63) is 65.6 Å². The predicted molar refractivity (Wildman–Crippen MR) is 99.7 cm³/mol. The Bertz CT molecular complexity index is 962. The Kier molecular flexibility index (Phi) is 4.41. The van der Waals surface area contributed by atoms with Gasteiger partial charge in [-0.15, -0.1) is 0 Å². The first kappa shape index (κ1) is 16.7. The van der Waals surface area contributed by atoms with Gasteiger partial charge in [0.2, 0.25) is 0 Å². The van der Waals surface area contributed by atoms with Crippen LogP contribution in [0.4, 0.5) is 4.39 Å². The molecule has 1 aromatic heterocycles. The number of ether oxygens (including phenoxy) is 1. The van der Waals surface area contributed by atoms with Gasteiger partial charge in [-0.05, 0) is 43.0 Å². The van der Waals surface area contributed by atoms with Crippen molar-refractivity contribution in [3.63, 3.8) is 0 Å². The molecule has 0 radical (unpaired) electrons. The normalized spacial score (nSPS) is 13.8. The van der Waals surface area contributed by atoms with Gasteiger partial charge in [-0.1, -0.05) is 37.3 Å². The second-order valence-electron chi connectivity index (χ2n) is 6.68. The molecule has 3 aromatic rings. The molecule has 0 bridgehead atoms. The zero-order valence-corrected chi connectivity index (χ0v) is 14.7. The summed E-state index contributed by atoms with van der Waals surface area (Å²) in [7, 11) is 0. The van der Waals surface area contributed by atoms with Crippen molar-refractivity contribution in [1.29, 1.82) is 0 Å². The maximum absolute atomic E-state index is 13.5. The van der Waals surface area contributed by atoms with E-state index in [4.69, 9.17) is 9.72 Å². The SMILES string of the molecule is CCCOC(=O)c1c(C2CC2)nc2ccccc2c1-c1ccc(F)cc1. The van der Waals surface area contributed by atoms with E-state index >= 15 is 0 Å². The molecule has 3 nitrogen and oxygen atoms in total. The molecule has 1 fully saturated rings. The fourth-order valence-electron chi connectivity index (χ4n) is 3.27. The molecular weight excluding hydrogens is 329 g/mol. The number of hydrogen-bond donors (Lipinski definition) is 0. The number of pyridine rings is 1. The number of fused-ring (bicyclic) bond motifs is 1. The van der Waals surface area contributed by atoms with Crippen LogP contribution >= 0.6 is 0 Å². The highest BCUT2D eigenvalue weighted by molar-refractivity contribution is 6.08. The first-order valence-electron chi connectivity index (χ1n) is 9.04. The number of nitrogens with zero attached hydrogens (tertiary/aromatic N) is 1. The number of esters is 1. The Morgan fingerprint density at radius 1 is 1.15 bits per heavy atom. The zero-order valence-electron chi connectivity index (χ0n) is 14.7. The highest BCUT2D eigenvalue weighted by Gasteiger charge is 2.33. The van der Waals surface area contributed by atoms with Crippen LogP contribution < -0.4 is 0 Å². The van der Waals surface area contributed by atoms with Crippen molar-refractivity contribution in [2.45, 2.75) is 32.1 Å². The lowest BCUT2D eigenvalue weighted by Gasteiger charge is -2.16. The summed E-state index contributed by atoms with van der Waals surface area (Å²) >= 11 is 0. The van der Waals surface area contributed by atoms with E-state index in [1.165, 1.54) is 12.1 Å². The van der Waals surface area contributed by atoms with Gasteiger partial charge in [0.25, 0.3) is 0 Å². The van der Waals surface area contributed by atoms with E-state index in [9.17, 15) is 9.18 Å². The molecular formula is C22H20FNO2. The smallest absolute Gasteiger partial charge is 0.340 e. The molecule has 1 saturated carbocycles. The van der Waals surface area contributed by atoms with Crippen molar-refractivity contribution >= 4 is 16.9 Å². The highest BCUT2D eigenvalue weighted by Crippen LogP contribution is 2.45. The summed E-state index contributed by atoms with van der Waals surface area (Å²) in [6, 6.07) is 14.0. The van der Waals surface area contributed by atoms with Crippen molar-refractivity contribution in [2.24, 2.45) is 0 Å². The number of para-hydroxylation sites is 1. The molecule has 4 rings (SSSR count). The monoisotopic (exact) mass is 349 g/mol. The van der Waals surface area contributed by atoms with Crippen molar-refractivity contribution in [1.82, 2.24) is 4.98 Å². The molecule has 1 aliphatic rings. The highest BCUT2D eigenvalue weighted by atomic mass is 19.1. The Morgan fingerprint density at radius 2 is 1.88 bits per heavy atom. The lowest BCUT2D eigenvalue weighted by atomic mass is 9.93. The lowest BCUT2D eigenvalue weighted by Crippen LogP contribution is -2.12. The van der Waals surface area contributed by atoms with Crippen LogP contribution in [0.25, 0.3) is 22.0 Å². The molecule has 0 amide bonds. The summed E-state index contributed by atoms with van der Waals surface area (Å²) in [5.74, 6) is -0.348. The third kappa shape index (κ3) is 3.07. The standard InChI is InChI=1S/C22H20FNO2/c1-2-13-26-22(25)20-19(14-9-11-16(23)12-10-14)17-5-3-4-6-18(17)24-21(20)15-7-8-15/h3-6,9-12,15H,2,7-8,13H2,1H3. The third-order valence-corrected chi connectivity index (χ3v) is 4.66. The summed E-state index contributed by atoms with van der Waals surface area (Å²) in [4.78, 5) is 17.7. The van der Waals surface area contributed by atoms with Crippen LogP contribution in [0.15, 0.2) is 48.5 Å². The number of carbonyl (C=O) groups excluding carboxylic acids is 1. The molecule has 4 heteroatoms. The van der Waals surface area contributed by atoms with E-state index in [0.29, 0.717) is 18.1 Å². The van der Waals surface area contributed by atoms with Crippen molar-refractivity contribution in [3.8, 4) is 11.1 Å². The summed E-state index contributed by atoms with van der Waals surface area (Å²) in [5, 5.41) is 0.881. The number of benzene rings is 2. The molecule has 0 saturated heterocycles. The molecule has 0 aliphatic heterocycles. The van der Waals surface area contributed by atoms with Gasteiger partial charge in [0, 0.05) is 16.9 Å². The molecule has 0 atom stereocenters. The topological polar surface area (TPSA) is 39.2 Å². The predicted octanol–water partition coefficient (Wildman–Crippen LogP) is 5.49. The van der Waals surface area contributed by atoms with Gasteiger partial charge >= 0.3 is 5.97 Å². The fraction of sp³-hybridized carbons (Fsp3) is 0.273. The fourth-order valence-corrected chi connectivity index (χ4v) is 3.27. The quantitative estimate of drug-likeness (QED) is 0.572. The summed E-state index contributed by atoms with van der Waals surface area (Å²) < 4.78 is 18.9. The Hall–Kier alpha value is -2.75. The first-order chi connectivity index (χ1) is 12.7. The Labute approximate surface area is 151 Å². The van der Waals surface area contributed by atoms with E-state index in [1.807, 2.05) is 31.2 Å². The van der Waals surface area contributed by atoms with Gasteiger partial charge in [-0.2, -0.15) is 0 Å². The number of halogens is 1. The van der Waals surface area contributed by atoms with Crippen LogP contribution in [0.2, 0.25) is 0 Å². The van der Waals surface area contributed by atoms with Gasteiger partial charge in [0.15, 0.2) is 0 Å². The molecule has 1 aliphatic carbocycles. The zero-order chi connectivity index (χ0) is 18.1. The molecule has 0 N–H and O–H groups in total. The Balaban J connectivity index is 2.01. The average Bonchev–Trinajstić information content (AvgIpc) is 3.50. The molecule has 0 unspecified atom stereocenters. The minimum atomic E-state index is -0.341. The molecule has 26 heavy (non-hydrogen) atoms. The van der Waals surface area contributed by atoms with E-state index in [0.717, 1.165) is 47.0 Å². The maximum Gasteiger partial charge on any atom is 0.340 e. The van der Waals surface area contributed by atoms with Crippen LogP contribution in [-0.2, 0) is 4.74 Å². The summed E-state index contributed by atoms with van der Waals surface area (Å²) in [5.41, 5.74) is 3.78. The first-order valence-corrected chi connectivity index (χ1v) is 9.04. The number of hydrogen-bond acceptors (Lipinski definition) is 3. The second kappa shape index (κ2) is 6.87. The molecule has 0 spiro atoms. The Morgan fingerprint density at radius 3 is 2.58 bits per heavy atom. The maximum atomic E-state index is 13.5. The van der Waals surface area contributed by atoms with Crippen LogP contribution in [0.3, 0.4) is 0 Å². The van der Waals surface area contributed by atoms with E-state index < -0.39 is 0 Å². The van der Waals surface area contributed by atoms with E-state index in [2.05, 4.69) is 0 Å². The van der Waals surface area contributed by atoms with Gasteiger partial charge < -0.3 is 4.74 Å². The third-order valence-electron chi connectivity index (χ3n) is 4.66. The number of aromatic nitrogens is 1. The number of rotatable bonds is 5. The van der Waals surface area contributed by atoms with Crippen LogP contribution in [0, 0.1) is 5.82 Å². The lowest BCUT2D eigenvalue weighted by molar-refractivity contribution is 0.0504. The van der Waals surface area contributed by atoms with Crippen LogP contribution in [0.1, 0.15) is 48.2 Å². The average molecular weight is 349 g/mol. The van der Waals surface area contributed by atoms with Gasteiger partial charge in [0.05, 0.1) is 23.4 Å². The summed E-state index contributed by atoms with van der Waals surface area (Å²) in [6.07, 6.45) is 2.82.